The van der Waals surface area contributed by atoms with E-state index in [9.17, 15) is 4.79 Å². The largest absolute Gasteiger partial charge is 0.471 e. The van der Waals surface area contributed by atoms with Gasteiger partial charge in [0.25, 0.3) is 0 Å². The number of carbonyl (C=O) groups is 1. The van der Waals surface area contributed by atoms with Crippen LogP contribution in [0.25, 0.3) is 0 Å². The molecule has 1 aromatic carbocycles. The Bertz CT molecular complexity index is 1140. The Labute approximate surface area is 204 Å². The number of ether oxygens (including phenoxy) is 2. The summed E-state index contributed by atoms with van der Waals surface area (Å²) in [6.07, 6.45) is 2.91. The minimum Gasteiger partial charge on any atom is -0.471 e. The second kappa shape index (κ2) is 10.3. The summed E-state index contributed by atoms with van der Waals surface area (Å²) in [4.78, 5) is 14.6. The van der Waals surface area contributed by atoms with Gasteiger partial charge < -0.3 is 19.7 Å². The molecule has 0 aliphatic carbocycles. The lowest BCUT2D eigenvalue weighted by Gasteiger charge is -2.17. The van der Waals surface area contributed by atoms with Crippen molar-refractivity contribution in [1.82, 2.24) is 25.3 Å². The van der Waals surface area contributed by atoms with Gasteiger partial charge in [0.2, 0.25) is 5.88 Å². The van der Waals surface area contributed by atoms with Crippen LogP contribution >= 0.6 is 0 Å². The smallest absolute Gasteiger partial charge is 0.323 e. The van der Waals surface area contributed by atoms with E-state index < -0.39 is 0 Å². The molecule has 0 spiro atoms. The molecule has 184 valence electrons. The minimum absolute atomic E-state index is 0.130. The lowest BCUT2D eigenvalue weighted by molar-refractivity contribution is 0.0905. The summed E-state index contributed by atoms with van der Waals surface area (Å²) < 4.78 is 12.0. The molecule has 10 heteroatoms. The second-order valence-electron chi connectivity index (χ2n) is 9.32. The molecule has 0 unspecified atom stereocenters. The highest BCUT2D eigenvalue weighted by molar-refractivity contribution is 5.88. The normalized spacial score (nSPS) is 21.9. The minimum atomic E-state index is -0.191. The molecule has 5 rings (SSSR count). The zero-order valence-electron chi connectivity index (χ0n) is 20.0. The SMILES string of the molecule is CC(C)c1ccnnc1O[C@@H]1CO[C@H](c2cc(NC(=O)N3CC[C@@H](Nc4ccccc4)C3)n[nH]2)C1. The molecule has 10 nitrogen and oxygen atoms in total. The topological polar surface area (TPSA) is 117 Å². The highest BCUT2D eigenvalue weighted by atomic mass is 16.6. The second-order valence-corrected chi connectivity index (χ2v) is 9.32. The number of hydrogen-bond donors (Lipinski definition) is 3. The first-order valence-electron chi connectivity index (χ1n) is 12.1. The lowest BCUT2D eigenvalue weighted by Crippen LogP contribution is -2.35. The van der Waals surface area contributed by atoms with Gasteiger partial charge >= 0.3 is 6.03 Å². The zero-order chi connectivity index (χ0) is 24.2. The number of rotatable bonds is 7. The summed E-state index contributed by atoms with van der Waals surface area (Å²) >= 11 is 0. The van der Waals surface area contributed by atoms with Crippen LogP contribution in [-0.4, -0.2) is 63.2 Å². The molecule has 2 aliphatic rings. The van der Waals surface area contributed by atoms with Crippen LogP contribution in [-0.2, 0) is 4.74 Å². The summed E-state index contributed by atoms with van der Waals surface area (Å²) in [5.74, 6) is 1.32. The van der Waals surface area contributed by atoms with Crippen LogP contribution in [0.15, 0.2) is 48.7 Å². The van der Waals surface area contributed by atoms with Crippen molar-refractivity contribution >= 4 is 17.5 Å². The maximum Gasteiger partial charge on any atom is 0.323 e. The third kappa shape index (κ3) is 5.54. The van der Waals surface area contributed by atoms with Gasteiger partial charge in [-0.25, -0.2) is 4.79 Å². The highest BCUT2D eigenvalue weighted by Crippen LogP contribution is 2.32. The van der Waals surface area contributed by atoms with E-state index in [2.05, 4.69) is 44.9 Å². The van der Waals surface area contributed by atoms with Gasteiger partial charge in [0, 0.05) is 42.9 Å². The van der Waals surface area contributed by atoms with Crippen LogP contribution in [0.4, 0.5) is 16.3 Å². The van der Waals surface area contributed by atoms with Crippen molar-refractivity contribution in [2.24, 2.45) is 0 Å². The molecule has 2 aliphatic heterocycles. The fourth-order valence-corrected chi connectivity index (χ4v) is 4.50. The number of para-hydroxylation sites is 1. The van der Waals surface area contributed by atoms with E-state index in [1.807, 2.05) is 42.5 Å². The zero-order valence-corrected chi connectivity index (χ0v) is 20.0. The first-order valence-corrected chi connectivity index (χ1v) is 12.1. The van der Waals surface area contributed by atoms with Gasteiger partial charge in [-0.15, -0.1) is 5.10 Å². The van der Waals surface area contributed by atoms with Gasteiger partial charge in [-0.05, 0) is 30.5 Å². The Hall–Kier alpha value is -3.66. The van der Waals surface area contributed by atoms with E-state index in [1.54, 1.807) is 11.1 Å². The average molecular weight is 478 g/mol. The number of benzene rings is 1. The number of nitrogens with zero attached hydrogens (tertiary/aromatic N) is 4. The molecule has 3 N–H and O–H groups in total. The maximum atomic E-state index is 12.8. The van der Waals surface area contributed by atoms with Gasteiger partial charge in [0.15, 0.2) is 5.82 Å². The summed E-state index contributed by atoms with van der Waals surface area (Å²) in [5, 5.41) is 21.7. The molecular weight excluding hydrogens is 446 g/mol. The third-order valence-corrected chi connectivity index (χ3v) is 6.38. The van der Waals surface area contributed by atoms with Gasteiger partial charge in [-0.3, -0.25) is 10.4 Å². The van der Waals surface area contributed by atoms with Crippen molar-refractivity contribution in [3.8, 4) is 5.88 Å². The molecule has 35 heavy (non-hydrogen) atoms. The van der Waals surface area contributed by atoms with Crippen molar-refractivity contribution < 1.29 is 14.3 Å². The summed E-state index contributed by atoms with van der Waals surface area (Å²) in [6.45, 7) is 5.98. The summed E-state index contributed by atoms with van der Waals surface area (Å²) in [6, 6.07) is 13.9. The molecule has 0 radical (unpaired) electrons. The molecule has 0 bridgehead atoms. The van der Waals surface area contributed by atoms with Gasteiger partial charge in [-0.1, -0.05) is 32.0 Å². The van der Waals surface area contributed by atoms with Crippen LogP contribution in [0.5, 0.6) is 5.88 Å². The average Bonchev–Trinajstić information content (AvgIpc) is 3.61. The van der Waals surface area contributed by atoms with Crippen molar-refractivity contribution in [1.29, 1.82) is 0 Å². The maximum absolute atomic E-state index is 12.8. The Morgan fingerprint density at radius 3 is 2.94 bits per heavy atom. The Balaban J connectivity index is 1.12. The standard InChI is InChI=1S/C25H31N7O3/c1-16(2)20-8-10-26-31-24(20)35-19-12-22(34-15-19)21-13-23(30-29-21)28-25(33)32-11-9-18(14-32)27-17-6-4-3-5-7-17/h3-8,10,13,16,18-19,22,27H,9,11-12,14-15H2,1-2H3,(H2,28,29,30,33)/t18-,19+,22+/m1/s1. The summed E-state index contributed by atoms with van der Waals surface area (Å²) in [5.41, 5.74) is 2.90. The number of carbonyl (C=O) groups excluding carboxylic acids is 1. The molecule has 4 heterocycles. The number of H-pyrrole nitrogens is 1. The molecular formula is C25H31N7O3. The first-order chi connectivity index (χ1) is 17.0. The quantitative estimate of drug-likeness (QED) is 0.472. The summed E-state index contributed by atoms with van der Waals surface area (Å²) in [7, 11) is 0. The number of aromatic nitrogens is 4. The molecule has 2 amide bonds. The van der Waals surface area contributed by atoms with Crippen LogP contribution in [0, 0.1) is 0 Å². The van der Waals surface area contributed by atoms with Crippen LogP contribution < -0.4 is 15.4 Å². The Kier molecular flexibility index (Phi) is 6.80. The predicted molar refractivity (Wildman–Crippen MR) is 131 cm³/mol. The number of likely N-dealkylation sites (tertiary alicyclic amines) is 1. The molecule has 2 aromatic heterocycles. The van der Waals surface area contributed by atoms with Crippen LogP contribution in [0.3, 0.4) is 0 Å². The first kappa shape index (κ1) is 23.1. The number of hydrogen-bond acceptors (Lipinski definition) is 7. The number of nitrogens with one attached hydrogen (secondary N) is 3. The lowest BCUT2D eigenvalue weighted by atomic mass is 10.1. The van der Waals surface area contributed by atoms with Crippen molar-refractivity contribution in [2.75, 3.05) is 30.3 Å². The fraction of sp³-hybridized carbons (Fsp3) is 0.440. The van der Waals surface area contributed by atoms with E-state index in [1.165, 1.54) is 0 Å². The molecule has 3 aromatic rings. The third-order valence-electron chi connectivity index (χ3n) is 6.38. The van der Waals surface area contributed by atoms with E-state index in [0.717, 1.165) is 23.4 Å². The van der Waals surface area contributed by atoms with Gasteiger partial charge in [-0.2, -0.15) is 10.2 Å². The molecule has 3 atom stereocenters. The fourth-order valence-electron chi connectivity index (χ4n) is 4.50. The van der Waals surface area contributed by atoms with Gasteiger partial charge in [0.05, 0.1) is 18.5 Å². The van der Waals surface area contributed by atoms with E-state index >= 15 is 0 Å². The van der Waals surface area contributed by atoms with Gasteiger partial charge in [0.1, 0.15) is 12.2 Å². The van der Waals surface area contributed by atoms with Crippen molar-refractivity contribution in [3.63, 3.8) is 0 Å². The monoisotopic (exact) mass is 477 g/mol. The molecule has 2 saturated heterocycles. The number of amides is 2. The Morgan fingerprint density at radius 1 is 1.26 bits per heavy atom. The number of urea groups is 1. The van der Waals surface area contributed by atoms with E-state index in [0.29, 0.717) is 37.8 Å². The Morgan fingerprint density at radius 2 is 2.11 bits per heavy atom. The molecule has 2 fully saturated rings. The predicted octanol–water partition coefficient (Wildman–Crippen LogP) is 3.95. The van der Waals surface area contributed by atoms with E-state index in [4.69, 9.17) is 9.47 Å². The van der Waals surface area contributed by atoms with Crippen molar-refractivity contribution in [3.05, 3.63) is 59.9 Å². The van der Waals surface area contributed by atoms with Crippen LogP contribution in [0.1, 0.15) is 50.0 Å². The van der Waals surface area contributed by atoms with E-state index in [-0.39, 0.29) is 30.2 Å². The number of aromatic amines is 1. The molecule has 0 saturated carbocycles. The number of anilines is 2. The van der Waals surface area contributed by atoms with Crippen LogP contribution in [0.2, 0.25) is 0 Å². The van der Waals surface area contributed by atoms with Crippen molar-refractivity contribution in [2.45, 2.75) is 50.9 Å². The highest BCUT2D eigenvalue weighted by Gasteiger charge is 2.31.